The zero-order valence-electron chi connectivity index (χ0n) is 9.21. The van der Waals surface area contributed by atoms with Gasteiger partial charge in [0.15, 0.2) is 0 Å². The van der Waals surface area contributed by atoms with Crippen LogP contribution in [0.4, 0.5) is 0 Å². The molecular formula is C14H12N2O. The molecule has 0 unspecified atom stereocenters. The van der Waals surface area contributed by atoms with E-state index in [-0.39, 0.29) is 5.91 Å². The Morgan fingerprint density at radius 2 is 1.94 bits per heavy atom. The van der Waals surface area contributed by atoms with E-state index in [1.807, 2.05) is 36.4 Å². The summed E-state index contributed by atoms with van der Waals surface area (Å²) in [5.74, 6) is -0.162. The Morgan fingerprint density at radius 1 is 1.12 bits per heavy atom. The molecule has 2 aromatic rings. The van der Waals surface area contributed by atoms with E-state index in [1.165, 1.54) is 6.20 Å². The van der Waals surface area contributed by atoms with E-state index in [9.17, 15) is 4.79 Å². The van der Waals surface area contributed by atoms with Crippen LogP contribution in [0.5, 0.6) is 0 Å². The molecule has 0 fully saturated rings. The van der Waals surface area contributed by atoms with E-state index in [4.69, 9.17) is 0 Å². The molecule has 0 aliphatic rings. The highest BCUT2D eigenvalue weighted by molar-refractivity contribution is 5.94. The number of rotatable bonds is 3. The fourth-order valence-electron chi connectivity index (χ4n) is 1.36. The predicted octanol–water partition coefficient (Wildman–Crippen LogP) is 2.48. The molecule has 0 bridgehead atoms. The van der Waals surface area contributed by atoms with Crippen molar-refractivity contribution in [2.45, 2.75) is 0 Å². The standard InChI is InChI=1S/C14H12N2O/c17-14(13-7-4-9-15-11-13)16-10-8-12-5-2-1-3-6-12/h1-11H,(H,16,17). The third-order valence-corrected chi connectivity index (χ3v) is 2.21. The van der Waals surface area contributed by atoms with Crippen molar-refractivity contribution in [3.63, 3.8) is 0 Å². The van der Waals surface area contributed by atoms with E-state index >= 15 is 0 Å². The molecule has 84 valence electrons. The molecular weight excluding hydrogens is 212 g/mol. The van der Waals surface area contributed by atoms with Crippen molar-refractivity contribution in [3.05, 3.63) is 72.2 Å². The van der Waals surface area contributed by atoms with Crippen molar-refractivity contribution in [2.75, 3.05) is 0 Å². The highest BCUT2D eigenvalue weighted by Crippen LogP contribution is 2.00. The summed E-state index contributed by atoms with van der Waals surface area (Å²) in [4.78, 5) is 15.5. The molecule has 0 atom stereocenters. The summed E-state index contributed by atoms with van der Waals surface area (Å²) in [5, 5.41) is 2.69. The van der Waals surface area contributed by atoms with Crippen LogP contribution in [0.1, 0.15) is 15.9 Å². The molecule has 1 amide bonds. The summed E-state index contributed by atoms with van der Waals surface area (Å²) in [5.41, 5.74) is 1.59. The van der Waals surface area contributed by atoms with Gasteiger partial charge in [-0.25, -0.2) is 0 Å². The van der Waals surface area contributed by atoms with Gasteiger partial charge in [-0.15, -0.1) is 0 Å². The molecule has 0 saturated carbocycles. The third kappa shape index (κ3) is 3.28. The number of hydrogen-bond acceptors (Lipinski definition) is 2. The van der Waals surface area contributed by atoms with Gasteiger partial charge >= 0.3 is 0 Å². The maximum atomic E-state index is 11.6. The van der Waals surface area contributed by atoms with Crippen LogP contribution in [-0.2, 0) is 0 Å². The van der Waals surface area contributed by atoms with E-state index < -0.39 is 0 Å². The highest BCUT2D eigenvalue weighted by Gasteiger charge is 2.00. The van der Waals surface area contributed by atoms with Crippen LogP contribution in [0.2, 0.25) is 0 Å². The van der Waals surface area contributed by atoms with Crippen molar-refractivity contribution >= 4 is 12.0 Å². The van der Waals surface area contributed by atoms with Gasteiger partial charge in [0.2, 0.25) is 0 Å². The van der Waals surface area contributed by atoms with Gasteiger partial charge < -0.3 is 5.32 Å². The maximum Gasteiger partial charge on any atom is 0.256 e. The second-order valence-electron chi connectivity index (χ2n) is 3.46. The molecule has 0 spiro atoms. The molecule has 0 aliphatic heterocycles. The second kappa shape index (κ2) is 5.61. The summed E-state index contributed by atoms with van der Waals surface area (Å²) in [7, 11) is 0. The van der Waals surface area contributed by atoms with Crippen molar-refractivity contribution in [1.82, 2.24) is 10.3 Å². The van der Waals surface area contributed by atoms with Crippen LogP contribution >= 0.6 is 0 Å². The third-order valence-electron chi connectivity index (χ3n) is 2.21. The molecule has 17 heavy (non-hydrogen) atoms. The Labute approximate surface area is 99.8 Å². The van der Waals surface area contributed by atoms with Crippen LogP contribution in [-0.4, -0.2) is 10.9 Å². The van der Waals surface area contributed by atoms with Gasteiger partial charge in [-0.05, 0) is 23.8 Å². The average molecular weight is 224 g/mol. The lowest BCUT2D eigenvalue weighted by Crippen LogP contribution is -2.16. The molecule has 3 heteroatoms. The Morgan fingerprint density at radius 3 is 2.65 bits per heavy atom. The van der Waals surface area contributed by atoms with Crippen molar-refractivity contribution in [2.24, 2.45) is 0 Å². The topological polar surface area (TPSA) is 42.0 Å². The van der Waals surface area contributed by atoms with Crippen LogP contribution in [0, 0.1) is 0 Å². The lowest BCUT2D eigenvalue weighted by Gasteiger charge is -1.98. The Hall–Kier alpha value is -2.42. The molecule has 1 aromatic heterocycles. The first kappa shape index (κ1) is 11.1. The SMILES string of the molecule is O=C(NC=Cc1ccccc1)c1cccnc1. The van der Waals surface area contributed by atoms with Gasteiger partial charge in [-0.3, -0.25) is 9.78 Å². The minimum Gasteiger partial charge on any atom is -0.329 e. The number of carbonyl (C=O) groups is 1. The Bertz CT molecular complexity index is 506. The first-order valence-corrected chi connectivity index (χ1v) is 5.29. The molecule has 2 rings (SSSR count). The van der Waals surface area contributed by atoms with E-state index in [0.29, 0.717) is 5.56 Å². The van der Waals surface area contributed by atoms with Crippen molar-refractivity contribution < 1.29 is 4.79 Å². The van der Waals surface area contributed by atoms with Crippen LogP contribution in [0.15, 0.2) is 61.1 Å². The fourth-order valence-corrected chi connectivity index (χ4v) is 1.36. The lowest BCUT2D eigenvalue weighted by molar-refractivity contribution is 0.0970. The molecule has 0 aliphatic carbocycles. The minimum atomic E-state index is -0.162. The summed E-state index contributed by atoms with van der Waals surface area (Å²) in [6, 6.07) is 13.2. The van der Waals surface area contributed by atoms with E-state index in [1.54, 1.807) is 24.5 Å². The number of pyridine rings is 1. The summed E-state index contributed by atoms with van der Waals surface area (Å²) in [6.45, 7) is 0. The molecule has 0 saturated heterocycles. The molecule has 1 heterocycles. The van der Waals surface area contributed by atoms with Gasteiger partial charge in [0.1, 0.15) is 0 Å². The molecule has 1 aromatic carbocycles. The Kier molecular flexibility index (Phi) is 3.65. The fraction of sp³-hybridized carbons (Fsp3) is 0. The predicted molar refractivity (Wildman–Crippen MR) is 67.2 cm³/mol. The lowest BCUT2D eigenvalue weighted by atomic mass is 10.2. The zero-order chi connectivity index (χ0) is 11.9. The number of aromatic nitrogens is 1. The number of carbonyl (C=O) groups excluding carboxylic acids is 1. The number of benzene rings is 1. The van der Waals surface area contributed by atoms with Gasteiger partial charge in [0, 0.05) is 18.6 Å². The van der Waals surface area contributed by atoms with Gasteiger partial charge in [0.05, 0.1) is 5.56 Å². The highest BCUT2D eigenvalue weighted by atomic mass is 16.1. The smallest absolute Gasteiger partial charge is 0.256 e. The number of nitrogens with zero attached hydrogens (tertiary/aromatic N) is 1. The van der Waals surface area contributed by atoms with Crippen LogP contribution in [0.25, 0.3) is 6.08 Å². The van der Waals surface area contributed by atoms with E-state index in [0.717, 1.165) is 5.56 Å². The molecule has 0 radical (unpaired) electrons. The summed E-state index contributed by atoms with van der Waals surface area (Å²) in [6.07, 6.45) is 6.64. The normalized spacial score (nSPS) is 10.4. The molecule has 1 N–H and O–H groups in total. The quantitative estimate of drug-likeness (QED) is 0.870. The number of hydrogen-bond donors (Lipinski definition) is 1. The number of amides is 1. The second-order valence-corrected chi connectivity index (χ2v) is 3.46. The first-order valence-electron chi connectivity index (χ1n) is 5.29. The Balaban J connectivity index is 1.95. The summed E-state index contributed by atoms with van der Waals surface area (Å²) < 4.78 is 0. The van der Waals surface area contributed by atoms with Crippen molar-refractivity contribution in [3.8, 4) is 0 Å². The largest absolute Gasteiger partial charge is 0.329 e. The average Bonchev–Trinajstić information content (AvgIpc) is 2.41. The van der Waals surface area contributed by atoms with E-state index in [2.05, 4.69) is 10.3 Å². The maximum absolute atomic E-state index is 11.6. The van der Waals surface area contributed by atoms with Gasteiger partial charge in [-0.1, -0.05) is 30.3 Å². The zero-order valence-corrected chi connectivity index (χ0v) is 9.21. The first-order chi connectivity index (χ1) is 8.36. The summed E-state index contributed by atoms with van der Waals surface area (Å²) >= 11 is 0. The van der Waals surface area contributed by atoms with Gasteiger partial charge in [0.25, 0.3) is 5.91 Å². The van der Waals surface area contributed by atoms with Crippen LogP contribution < -0.4 is 5.32 Å². The molecule has 3 nitrogen and oxygen atoms in total. The van der Waals surface area contributed by atoms with Crippen LogP contribution in [0.3, 0.4) is 0 Å². The van der Waals surface area contributed by atoms with Crippen molar-refractivity contribution in [1.29, 1.82) is 0 Å². The number of nitrogens with one attached hydrogen (secondary N) is 1. The van der Waals surface area contributed by atoms with Gasteiger partial charge in [-0.2, -0.15) is 0 Å². The monoisotopic (exact) mass is 224 g/mol. The minimum absolute atomic E-state index is 0.162.